The van der Waals surface area contributed by atoms with Crippen LogP contribution < -0.4 is 10.2 Å². The zero-order chi connectivity index (χ0) is 21.3. The largest absolute Gasteiger partial charge is 0.416 e. The van der Waals surface area contributed by atoms with Crippen LogP contribution in [0.15, 0.2) is 53.4 Å². The van der Waals surface area contributed by atoms with Crippen molar-refractivity contribution in [1.29, 1.82) is 0 Å². The third-order valence-corrected chi connectivity index (χ3v) is 6.52. The Morgan fingerprint density at radius 2 is 1.77 bits per heavy atom. The summed E-state index contributed by atoms with van der Waals surface area (Å²) in [6, 6.07) is 13.2. The van der Waals surface area contributed by atoms with Crippen LogP contribution >= 0.6 is 11.8 Å². The Morgan fingerprint density at radius 1 is 1.07 bits per heavy atom. The van der Waals surface area contributed by atoms with E-state index in [0.29, 0.717) is 31.1 Å². The molecule has 2 aliphatic rings. The molecule has 1 saturated heterocycles. The third kappa shape index (κ3) is 4.40. The van der Waals surface area contributed by atoms with Gasteiger partial charge in [-0.3, -0.25) is 9.59 Å². The molecule has 0 unspecified atom stereocenters. The highest BCUT2D eigenvalue weighted by Crippen LogP contribution is 2.40. The van der Waals surface area contributed by atoms with Gasteiger partial charge in [-0.1, -0.05) is 18.2 Å². The molecule has 2 aromatic carbocycles. The van der Waals surface area contributed by atoms with E-state index in [2.05, 4.69) is 10.2 Å². The predicted molar refractivity (Wildman–Crippen MR) is 110 cm³/mol. The van der Waals surface area contributed by atoms with E-state index in [1.54, 1.807) is 4.90 Å². The monoisotopic (exact) mass is 435 g/mol. The smallest absolute Gasteiger partial charge is 0.368 e. The van der Waals surface area contributed by atoms with Gasteiger partial charge in [-0.15, -0.1) is 11.8 Å². The van der Waals surface area contributed by atoms with Crippen LogP contribution in [0.5, 0.6) is 0 Å². The lowest BCUT2D eigenvalue weighted by atomic mass is 10.1. The molecule has 0 aromatic heterocycles. The maximum atomic E-state index is 12.9. The lowest BCUT2D eigenvalue weighted by Crippen LogP contribution is -2.49. The summed E-state index contributed by atoms with van der Waals surface area (Å²) in [6.07, 6.45) is -4.46. The Balaban J connectivity index is 1.36. The van der Waals surface area contributed by atoms with Crippen molar-refractivity contribution in [3.05, 3.63) is 54.1 Å². The minimum atomic E-state index is -4.47. The molecular formula is C21H20F3N3O2S. The van der Waals surface area contributed by atoms with E-state index >= 15 is 0 Å². The van der Waals surface area contributed by atoms with Crippen molar-refractivity contribution in [3.8, 4) is 0 Å². The van der Waals surface area contributed by atoms with E-state index in [1.807, 2.05) is 30.3 Å². The van der Waals surface area contributed by atoms with E-state index < -0.39 is 22.9 Å². The standard InChI is InChI=1S/C21H20F3N3O2S/c22-21(23,24)14-6-7-17-16(12-14)25-20(29)18(30-17)13-19(28)27-10-8-26(9-11-27)15-4-2-1-3-5-15/h1-7,12,18H,8-11,13H2,(H,25,29)/t18-/m1/s1. The van der Waals surface area contributed by atoms with Crippen molar-refractivity contribution in [1.82, 2.24) is 4.90 Å². The van der Waals surface area contributed by atoms with Gasteiger partial charge in [0.15, 0.2) is 0 Å². The number of thioether (sulfide) groups is 1. The number of anilines is 2. The molecule has 0 spiro atoms. The van der Waals surface area contributed by atoms with Crippen LogP contribution in [0.2, 0.25) is 0 Å². The number of rotatable bonds is 3. The quantitative estimate of drug-likeness (QED) is 0.796. The van der Waals surface area contributed by atoms with Gasteiger partial charge in [0.1, 0.15) is 0 Å². The molecule has 0 radical (unpaired) electrons. The Bertz CT molecular complexity index is 944. The molecule has 1 N–H and O–H groups in total. The SMILES string of the molecule is O=C1Nc2cc(C(F)(F)F)ccc2S[C@@H]1CC(=O)N1CCN(c2ccccc2)CC1. The maximum absolute atomic E-state index is 12.9. The van der Waals surface area contributed by atoms with Crippen molar-refractivity contribution in [2.24, 2.45) is 0 Å². The summed E-state index contributed by atoms with van der Waals surface area (Å²) in [7, 11) is 0. The van der Waals surface area contributed by atoms with Gasteiger partial charge in [0, 0.05) is 43.2 Å². The average molecular weight is 435 g/mol. The summed E-state index contributed by atoms with van der Waals surface area (Å²) < 4.78 is 38.6. The molecule has 2 aliphatic heterocycles. The van der Waals surface area contributed by atoms with Gasteiger partial charge in [0.25, 0.3) is 0 Å². The van der Waals surface area contributed by atoms with Crippen LogP contribution in [0.3, 0.4) is 0 Å². The Morgan fingerprint density at radius 3 is 2.43 bits per heavy atom. The predicted octanol–water partition coefficient (Wildman–Crippen LogP) is 3.86. The van der Waals surface area contributed by atoms with Crippen LogP contribution in [0.1, 0.15) is 12.0 Å². The number of hydrogen-bond donors (Lipinski definition) is 1. The zero-order valence-electron chi connectivity index (χ0n) is 16.0. The molecule has 4 rings (SSSR count). The second-order valence-electron chi connectivity index (χ2n) is 7.21. The number of amides is 2. The number of hydrogen-bond acceptors (Lipinski definition) is 4. The molecule has 30 heavy (non-hydrogen) atoms. The molecule has 9 heteroatoms. The Labute approximate surface area is 176 Å². The molecule has 1 fully saturated rings. The first kappa shape index (κ1) is 20.6. The van der Waals surface area contributed by atoms with Gasteiger partial charge in [0.2, 0.25) is 11.8 Å². The van der Waals surface area contributed by atoms with Crippen molar-refractivity contribution in [2.45, 2.75) is 22.7 Å². The number of carbonyl (C=O) groups excluding carboxylic acids is 2. The van der Waals surface area contributed by atoms with E-state index in [-0.39, 0.29) is 18.0 Å². The first-order chi connectivity index (χ1) is 14.3. The molecule has 0 bridgehead atoms. The first-order valence-corrected chi connectivity index (χ1v) is 10.5. The van der Waals surface area contributed by atoms with Crippen LogP contribution in [0, 0.1) is 0 Å². The minimum Gasteiger partial charge on any atom is -0.368 e. The first-order valence-electron chi connectivity index (χ1n) is 9.58. The molecular weight excluding hydrogens is 415 g/mol. The average Bonchev–Trinajstić information content (AvgIpc) is 2.74. The number of carbonyl (C=O) groups is 2. The fourth-order valence-electron chi connectivity index (χ4n) is 3.60. The topological polar surface area (TPSA) is 52.7 Å². The summed E-state index contributed by atoms with van der Waals surface area (Å²) in [5, 5.41) is 1.86. The number of nitrogens with one attached hydrogen (secondary N) is 1. The van der Waals surface area contributed by atoms with Crippen molar-refractivity contribution in [3.63, 3.8) is 0 Å². The van der Waals surface area contributed by atoms with Crippen molar-refractivity contribution >= 4 is 35.0 Å². The summed E-state index contributed by atoms with van der Waals surface area (Å²) in [5.41, 5.74) is 0.439. The molecule has 2 amide bonds. The third-order valence-electron chi connectivity index (χ3n) is 5.24. The number of alkyl halides is 3. The second kappa shape index (κ2) is 8.22. The van der Waals surface area contributed by atoms with Crippen LogP contribution in [0.25, 0.3) is 0 Å². The number of nitrogens with zero attached hydrogens (tertiary/aromatic N) is 2. The molecule has 2 heterocycles. The molecule has 0 saturated carbocycles. The zero-order valence-corrected chi connectivity index (χ0v) is 16.8. The van der Waals surface area contributed by atoms with Crippen LogP contribution in [-0.4, -0.2) is 48.1 Å². The van der Waals surface area contributed by atoms with Crippen molar-refractivity contribution < 1.29 is 22.8 Å². The molecule has 158 valence electrons. The number of fused-ring (bicyclic) bond motifs is 1. The molecule has 2 aromatic rings. The molecule has 0 aliphatic carbocycles. The Kier molecular flexibility index (Phi) is 5.64. The number of piperazine rings is 1. The van der Waals surface area contributed by atoms with E-state index in [9.17, 15) is 22.8 Å². The summed E-state index contributed by atoms with van der Waals surface area (Å²) >= 11 is 1.14. The second-order valence-corrected chi connectivity index (χ2v) is 8.46. The van der Waals surface area contributed by atoms with Gasteiger partial charge >= 0.3 is 6.18 Å². The lowest BCUT2D eigenvalue weighted by molar-refractivity contribution is -0.137. The van der Waals surface area contributed by atoms with Crippen LogP contribution in [-0.2, 0) is 15.8 Å². The lowest BCUT2D eigenvalue weighted by Gasteiger charge is -2.36. The summed E-state index contributed by atoms with van der Waals surface area (Å²) in [5.74, 6) is -0.561. The highest BCUT2D eigenvalue weighted by atomic mass is 32.2. The fourth-order valence-corrected chi connectivity index (χ4v) is 4.68. The van der Waals surface area contributed by atoms with E-state index in [4.69, 9.17) is 0 Å². The van der Waals surface area contributed by atoms with E-state index in [1.165, 1.54) is 6.07 Å². The minimum absolute atomic E-state index is 0.0162. The van der Waals surface area contributed by atoms with E-state index in [0.717, 1.165) is 29.6 Å². The normalized spacial score (nSPS) is 19.3. The number of halogens is 3. The molecule has 1 atom stereocenters. The van der Waals surface area contributed by atoms with Gasteiger partial charge in [0.05, 0.1) is 16.5 Å². The molecule has 5 nitrogen and oxygen atoms in total. The fraction of sp³-hybridized carbons (Fsp3) is 0.333. The van der Waals surface area contributed by atoms with Gasteiger partial charge in [-0.05, 0) is 30.3 Å². The van der Waals surface area contributed by atoms with Gasteiger partial charge < -0.3 is 15.1 Å². The summed E-state index contributed by atoms with van der Waals surface area (Å²) in [6.45, 7) is 2.56. The van der Waals surface area contributed by atoms with Crippen LogP contribution in [0.4, 0.5) is 24.5 Å². The van der Waals surface area contributed by atoms with Gasteiger partial charge in [-0.25, -0.2) is 0 Å². The van der Waals surface area contributed by atoms with Crippen molar-refractivity contribution in [2.75, 3.05) is 36.4 Å². The number of benzene rings is 2. The number of para-hydroxylation sites is 1. The highest BCUT2D eigenvalue weighted by molar-refractivity contribution is 8.01. The van der Waals surface area contributed by atoms with Gasteiger partial charge in [-0.2, -0.15) is 13.2 Å². The maximum Gasteiger partial charge on any atom is 0.416 e. The summed E-state index contributed by atoms with van der Waals surface area (Å²) in [4.78, 5) is 29.6. The Hall–Kier alpha value is -2.68. The highest BCUT2D eigenvalue weighted by Gasteiger charge is 2.35.